The van der Waals surface area contributed by atoms with Crippen molar-refractivity contribution in [3.8, 4) is 10.6 Å². The molecule has 1 aromatic heterocycles. The third-order valence-electron chi connectivity index (χ3n) is 4.28. The van der Waals surface area contributed by atoms with Crippen LogP contribution < -0.4 is 5.32 Å². The van der Waals surface area contributed by atoms with Crippen molar-refractivity contribution in [3.05, 3.63) is 35.8 Å². The van der Waals surface area contributed by atoms with Gasteiger partial charge in [-0.2, -0.15) is 0 Å². The predicted molar refractivity (Wildman–Crippen MR) is 89.3 cm³/mol. The Morgan fingerprint density at radius 3 is 2.30 bits per heavy atom. The number of aromatic nitrogens is 1. The number of hydrogen-bond donors (Lipinski definition) is 2. The van der Waals surface area contributed by atoms with Gasteiger partial charge in [-0.15, -0.1) is 11.3 Å². The van der Waals surface area contributed by atoms with E-state index in [-0.39, 0.29) is 17.7 Å². The van der Waals surface area contributed by atoms with Crippen LogP contribution in [0.1, 0.15) is 25.7 Å². The molecule has 6 heteroatoms. The summed E-state index contributed by atoms with van der Waals surface area (Å²) in [7, 11) is 0. The van der Waals surface area contributed by atoms with Crippen molar-refractivity contribution in [1.82, 2.24) is 4.98 Å². The van der Waals surface area contributed by atoms with Gasteiger partial charge in [-0.1, -0.05) is 0 Å². The minimum Gasteiger partial charge on any atom is -0.481 e. The van der Waals surface area contributed by atoms with Crippen molar-refractivity contribution in [3.63, 3.8) is 0 Å². The van der Waals surface area contributed by atoms with Crippen molar-refractivity contribution >= 4 is 28.9 Å². The van der Waals surface area contributed by atoms with Crippen LogP contribution in [0.3, 0.4) is 0 Å². The fraction of sp³-hybridized carbons (Fsp3) is 0.353. The van der Waals surface area contributed by atoms with E-state index in [1.165, 1.54) is 0 Å². The van der Waals surface area contributed by atoms with E-state index in [0.29, 0.717) is 25.7 Å². The zero-order valence-corrected chi connectivity index (χ0v) is 13.4. The molecule has 1 aliphatic rings. The number of anilines is 1. The molecule has 5 nitrogen and oxygen atoms in total. The van der Waals surface area contributed by atoms with Crippen LogP contribution >= 0.6 is 11.3 Å². The first-order valence-corrected chi connectivity index (χ1v) is 8.55. The third kappa shape index (κ3) is 3.76. The Bertz CT molecular complexity index is 674. The van der Waals surface area contributed by atoms with Crippen molar-refractivity contribution in [2.24, 2.45) is 11.8 Å². The van der Waals surface area contributed by atoms with Crippen LogP contribution in [0.2, 0.25) is 0 Å². The standard InChI is InChI=1S/C17H18N2O3S/c20-15(11-1-3-13(4-2-11)17(21)22)19-14-7-5-12(6-8-14)16-18-9-10-23-16/h5-11,13H,1-4H2,(H,19,20)(H,21,22). The number of carboxylic acids is 1. The number of carbonyl (C=O) groups excluding carboxylic acids is 1. The van der Waals surface area contributed by atoms with Crippen molar-refractivity contribution in [2.75, 3.05) is 5.32 Å². The van der Waals surface area contributed by atoms with E-state index in [2.05, 4.69) is 10.3 Å². The SMILES string of the molecule is O=C(O)C1CCC(C(=O)Nc2ccc(-c3nccs3)cc2)CC1. The minimum absolute atomic E-state index is 0.0177. The molecule has 2 aromatic rings. The Hall–Kier alpha value is -2.21. The second kappa shape index (κ2) is 6.91. The van der Waals surface area contributed by atoms with E-state index in [0.717, 1.165) is 16.3 Å². The van der Waals surface area contributed by atoms with Gasteiger partial charge in [-0.3, -0.25) is 9.59 Å². The van der Waals surface area contributed by atoms with Gasteiger partial charge >= 0.3 is 5.97 Å². The summed E-state index contributed by atoms with van der Waals surface area (Å²) < 4.78 is 0. The molecule has 0 bridgehead atoms. The van der Waals surface area contributed by atoms with Crippen LogP contribution in [0.4, 0.5) is 5.69 Å². The second-order valence-corrected chi connectivity index (χ2v) is 6.69. The number of rotatable bonds is 4. The van der Waals surface area contributed by atoms with Crippen molar-refractivity contribution in [2.45, 2.75) is 25.7 Å². The molecule has 0 spiro atoms. The summed E-state index contributed by atoms with van der Waals surface area (Å²) in [4.78, 5) is 27.5. The first kappa shape index (κ1) is 15.7. The van der Waals surface area contributed by atoms with Crippen LogP contribution in [0.15, 0.2) is 35.8 Å². The molecule has 0 radical (unpaired) electrons. The van der Waals surface area contributed by atoms with Crippen molar-refractivity contribution < 1.29 is 14.7 Å². The van der Waals surface area contributed by atoms with Crippen LogP contribution in [0.25, 0.3) is 10.6 Å². The second-order valence-electron chi connectivity index (χ2n) is 5.79. The molecule has 1 saturated carbocycles. The molecule has 1 aromatic carbocycles. The molecule has 1 aliphatic carbocycles. The molecule has 1 fully saturated rings. The van der Waals surface area contributed by atoms with Crippen molar-refractivity contribution in [1.29, 1.82) is 0 Å². The Labute approximate surface area is 138 Å². The number of amides is 1. The molecule has 23 heavy (non-hydrogen) atoms. The topological polar surface area (TPSA) is 79.3 Å². The van der Waals surface area contributed by atoms with E-state index < -0.39 is 5.97 Å². The Morgan fingerprint density at radius 1 is 1.09 bits per heavy atom. The zero-order valence-electron chi connectivity index (χ0n) is 12.6. The Morgan fingerprint density at radius 2 is 1.74 bits per heavy atom. The maximum atomic E-state index is 12.3. The number of carbonyl (C=O) groups is 2. The third-order valence-corrected chi connectivity index (χ3v) is 5.10. The highest BCUT2D eigenvalue weighted by Gasteiger charge is 2.29. The van der Waals surface area contributed by atoms with Gasteiger partial charge in [0.05, 0.1) is 5.92 Å². The molecule has 0 unspecified atom stereocenters. The number of thiazole rings is 1. The van der Waals surface area contributed by atoms with Gasteiger partial charge < -0.3 is 10.4 Å². The summed E-state index contributed by atoms with van der Waals surface area (Å²) in [6, 6.07) is 7.63. The first-order chi connectivity index (χ1) is 11.1. The molecule has 3 rings (SSSR count). The molecule has 0 aliphatic heterocycles. The van der Waals surface area contributed by atoms with E-state index in [4.69, 9.17) is 5.11 Å². The van der Waals surface area contributed by atoms with Gasteiger partial charge in [-0.25, -0.2) is 4.98 Å². The lowest BCUT2D eigenvalue weighted by Gasteiger charge is -2.25. The van der Waals surface area contributed by atoms with Crippen LogP contribution in [-0.2, 0) is 9.59 Å². The van der Waals surface area contributed by atoms with Gasteiger partial charge in [0.25, 0.3) is 0 Å². The summed E-state index contributed by atoms with van der Waals surface area (Å²) in [5.74, 6) is -1.15. The highest BCUT2D eigenvalue weighted by atomic mass is 32.1. The predicted octanol–water partition coefficient (Wildman–Crippen LogP) is 3.64. The van der Waals surface area contributed by atoms with E-state index >= 15 is 0 Å². The number of nitrogens with zero attached hydrogens (tertiary/aromatic N) is 1. The van der Waals surface area contributed by atoms with Gasteiger partial charge in [0.1, 0.15) is 5.01 Å². The lowest BCUT2D eigenvalue weighted by Crippen LogP contribution is -2.29. The average molecular weight is 330 g/mol. The minimum atomic E-state index is -0.748. The number of carboxylic acid groups (broad SMARTS) is 1. The highest BCUT2D eigenvalue weighted by molar-refractivity contribution is 7.13. The summed E-state index contributed by atoms with van der Waals surface area (Å²) in [5, 5.41) is 14.8. The van der Waals surface area contributed by atoms with Crippen LogP contribution in [0.5, 0.6) is 0 Å². The van der Waals surface area contributed by atoms with Gasteiger partial charge in [-0.05, 0) is 49.9 Å². The summed E-state index contributed by atoms with van der Waals surface area (Å²) in [6.07, 6.45) is 4.20. The molecule has 1 amide bonds. The number of aliphatic carboxylic acids is 1. The molecule has 0 saturated heterocycles. The normalized spacial score (nSPS) is 20.9. The number of nitrogens with one attached hydrogen (secondary N) is 1. The summed E-state index contributed by atoms with van der Waals surface area (Å²) in [6.45, 7) is 0. The van der Waals surface area contributed by atoms with E-state index in [1.807, 2.05) is 29.6 Å². The fourth-order valence-corrected chi connectivity index (χ4v) is 3.55. The van der Waals surface area contributed by atoms with Crippen LogP contribution in [-0.4, -0.2) is 22.0 Å². The smallest absolute Gasteiger partial charge is 0.306 e. The highest BCUT2D eigenvalue weighted by Crippen LogP contribution is 2.30. The summed E-state index contributed by atoms with van der Waals surface area (Å²) in [5.41, 5.74) is 1.79. The summed E-state index contributed by atoms with van der Waals surface area (Å²) >= 11 is 1.57. The van der Waals surface area contributed by atoms with Gasteiger partial charge in [0.15, 0.2) is 0 Å². The van der Waals surface area contributed by atoms with Gasteiger partial charge in [0, 0.05) is 28.7 Å². The average Bonchev–Trinajstić information content (AvgIpc) is 3.10. The molecular weight excluding hydrogens is 312 g/mol. The molecule has 1 heterocycles. The van der Waals surface area contributed by atoms with E-state index in [9.17, 15) is 9.59 Å². The zero-order chi connectivity index (χ0) is 16.2. The van der Waals surface area contributed by atoms with Gasteiger partial charge in [0.2, 0.25) is 5.91 Å². The quantitative estimate of drug-likeness (QED) is 0.897. The first-order valence-electron chi connectivity index (χ1n) is 7.67. The number of benzene rings is 1. The Kier molecular flexibility index (Phi) is 4.71. The molecule has 0 atom stereocenters. The monoisotopic (exact) mass is 330 g/mol. The van der Waals surface area contributed by atoms with E-state index in [1.54, 1.807) is 17.5 Å². The lowest BCUT2D eigenvalue weighted by molar-refractivity contribution is -0.143. The lowest BCUT2D eigenvalue weighted by atomic mass is 9.81. The Balaban J connectivity index is 1.57. The number of hydrogen-bond acceptors (Lipinski definition) is 4. The maximum absolute atomic E-state index is 12.3. The molecule has 120 valence electrons. The largest absolute Gasteiger partial charge is 0.481 e. The molecule has 2 N–H and O–H groups in total. The fourth-order valence-electron chi connectivity index (χ4n) is 2.91. The molecular formula is C17H18N2O3S. The maximum Gasteiger partial charge on any atom is 0.306 e. The van der Waals surface area contributed by atoms with Crippen LogP contribution in [0, 0.1) is 11.8 Å².